The van der Waals surface area contributed by atoms with Crippen molar-refractivity contribution in [2.45, 2.75) is 6.42 Å². The van der Waals surface area contributed by atoms with E-state index in [0.717, 1.165) is 22.2 Å². The van der Waals surface area contributed by atoms with Gasteiger partial charge in [-0.25, -0.2) is 4.98 Å². The van der Waals surface area contributed by atoms with Crippen LogP contribution >= 0.6 is 0 Å². The average Bonchev–Trinajstić information content (AvgIpc) is 3.34. The maximum Gasteiger partial charge on any atom is 0.231 e. The molecule has 0 aliphatic carbocycles. The van der Waals surface area contributed by atoms with Gasteiger partial charge in [0.1, 0.15) is 5.52 Å². The number of rotatable bonds is 4. The van der Waals surface area contributed by atoms with E-state index >= 15 is 0 Å². The van der Waals surface area contributed by atoms with Crippen LogP contribution in [-0.4, -0.2) is 17.7 Å². The molecule has 4 aromatic rings. The number of anilines is 1. The highest BCUT2D eigenvalue weighted by atomic mass is 16.7. The highest BCUT2D eigenvalue weighted by molar-refractivity contribution is 5.93. The summed E-state index contributed by atoms with van der Waals surface area (Å²) in [4.78, 5) is 16.9. The number of carbonyl (C=O) groups is 1. The first kappa shape index (κ1) is 16.4. The van der Waals surface area contributed by atoms with Crippen LogP contribution in [0.2, 0.25) is 0 Å². The molecule has 6 nitrogen and oxygen atoms in total. The van der Waals surface area contributed by atoms with Gasteiger partial charge in [-0.3, -0.25) is 4.79 Å². The fourth-order valence-corrected chi connectivity index (χ4v) is 3.17. The fourth-order valence-electron chi connectivity index (χ4n) is 3.17. The van der Waals surface area contributed by atoms with Crippen molar-refractivity contribution in [2.24, 2.45) is 0 Å². The number of nitrogens with one attached hydrogen (secondary N) is 1. The molecule has 2 heterocycles. The molecule has 1 aromatic heterocycles. The van der Waals surface area contributed by atoms with Gasteiger partial charge in [0.25, 0.3) is 0 Å². The van der Waals surface area contributed by atoms with Crippen molar-refractivity contribution in [1.29, 1.82) is 0 Å². The molecule has 1 aliphatic heterocycles. The van der Waals surface area contributed by atoms with Crippen molar-refractivity contribution >= 4 is 22.7 Å². The molecule has 1 amide bonds. The molecular formula is C22H16N2O4. The third-order valence-corrected chi connectivity index (χ3v) is 4.49. The summed E-state index contributed by atoms with van der Waals surface area (Å²) >= 11 is 0. The predicted octanol–water partition coefficient (Wildman–Crippen LogP) is 4.40. The van der Waals surface area contributed by atoms with E-state index in [-0.39, 0.29) is 19.1 Å². The van der Waals surface area contributed by atoms with Gasteiger partial charge in [-0.2, -0.15) is 0 Å². The lowest BCUT2D eigenvalue weighted by Gasteiger charge is -2.07. The zero-order valence-corrected chi connectivity index (χ0v) is 14.8. The number of ether oxygens (including phenoxy) is 2. The Kier molecular flexibility index (Phi) is 3.94. The summed E-state index contributed by atoms with van der Waals surface area (Å²) in [5, 5.41) is 2.92. The van der Waals surface area contributed by atoms with Crippen molar-refractivity contribution in [3.05, 3.63) is 72.3 Å². The van der Waals surface area contributed by atoms with E-state index in [1.807, 2.05) is 66.7 Å². The van der Waals surface area contributed by atoms with Gasteiger partial charge in [0.05, 0.1) is 6.42 Å². The number of benzene rings is 3. The molecule has 6 heteroatoms. The van der Waals surface area contributed by atoms with E-state index < -0.39 is 0 Å². The smallest absolute Gasteiger partial charge is 0.231 e. The Morgan fingerprint density at radius 2 is 1.86 bits per heavy atom. The lowest BCUT2D eigenvalue weighted by molar-refractivity contribution is -0.115. The van der Waals surface area contributed by atoms with Gasteiger partial charge in [0.15, 0.2) is 17.1 Å². The molecule has 0 saturated heterocycles. The van der Waals surface area contributed by atoms with Crippen LogP contribution in [0.15, 0.2) is 71.1 Å². The van der Waals surface area contributed by atoms with Crippen LogP contribution in [0.3, 0.4) is 0 Å². The number of para-hydroxylation sites is 2. The summed E-state index contributed by atoms with van der Waals surface area (Å²) in [7, 11) is 0. The molecule has 1 aliphatic rings. The van der Waals surface area contributed by atoms with Crippen LogP contribution in [0.5, 0.6) is 11.5 Å². The van der Waals surface area contributed by atoms with Gasteiger partial charge in [0.2, 0.25) is 18.6 Å². The normalized spacial score (nSPS) is 12.3. The Balaban J connectivity index is 1.32. The first-order valence-corrected chi connectivity index (χ1v) is 8.89. The van der Waals surface area contributed by atoms with Crippen molar-refractivity contribution in [1.82, 2.24) is 4.98 Å². The SMILES string of the molecule is O=C(Cc1ccc2c(c1)OCO2)Nc1cccc(-c2nc3ccccc3o2)c1. The fraction of sp³-hybridized carbons (Fsp3) is 0.0909. The third kappa shape index (κ3) is 3.16. The minimum atomic E-state index is -0.117. The van der Waals surface area contributed by atoms with E-state index in [0.29, 0.717) is 23.1 Å². The minimum absolute atomic E-state index is 0.117. The Morgan fingerprint density at radius 3 is 2.79 bits per heavy atom. The predicted molar refractivity (Wildman–Crippen MR) is 104 cm³/mol. The number of hydrogen-bond donors (Lipinski definition) is 1. The zero-order valence-electron chi connectivity index (χ0n) is 14.8. The van der Waals surface area contributed by atoms with Crippen LogP contribution in [0.25, 0.3) is 22.6 Å². The number of aromatic nitrogens is 1. The standard InChI is InChI=1S/C22H16N2O4/c25-21(11-14-8-9-19-20(10-14)27-13-26-19)23-16-5-3-4-15(12-16)22-24-17-6-1-2-7-18(17)28-22/h1-10,12H,11,13H2,(H,23,25). The molecule has 0 unspecified atom stereocenters. The molecular weight excluding hydrogens is 356 g/mol. The lowest BCUT2D eigenvalue weighted by Crippen LogP contribution is -2.14. The van der Waals surface area contributed by atoms with E-state index in [1.165, 1.54) is 0 Å². The van der Waals surface area contributed by atoms with Gasteiger partial charge in [0, 0.05) is 11.3 Å². The zero-order chi connectivity index (χ0) is 18.9. The van der Waals surface area contributed by atoms with Gasteiger partial charge < -0.3 is 19.2 Å². The van der Waals surface area contributed by atoms with Gasteiger partial charge in [-0.05, 0) is 48.0 Å². The second-order valence-electron chi connectivity index (χ2n) is 6.48. The molecule has 1 N–H and O–H groups in total. The van der Waals surface area contributed by atoms with Crippen LogP contribution in [0.4, 0.5) is 5.69 Å². The largest absolute Gasteiger partial charge is 0.454 e. The number of oxazole rings is 1. The van der Waals surface area contributed by atoms with Gasteiger partial charge >= 0.3 is 0 Å². The number of hydrogen-bond acceptors (Lipinski definition) is 5. The molecule has 3 aromatic carbocycles. The van der Waals surface area contributed by atoms with E-state index in [4.69, 9.17) is 13.9 Å². The Labute approximate surface area is 160 Å². The summed E-state index contributed by atoms with van der Waals surface area (Å²) in [6.07, 6.45) is 0.240. The van der Waals surface area contributed by atoms with Gasteiger partial charge in [-0.15, -0.1) is 0 Å². The highest BCUT2D eigenvalue weighted by Crippen LogP contribution is 2.32. The van der Waals surface area contributed by atoms with Crippen molar-refractivity contribution in [3.8, 4) is 23.0 Å². The molecule has 0 fully saturated rings. The Hall–Kier alpha value is -3.80. The Bertz CT molecular complexity index is 1150. The highest BCUT2D eigenvalue weighted by Gasteiger charge is 2.15. The summed E-state index contributed by atoms with van der Waals surface area (Å²) in [6.45, 7) is 0.216. The second kappa shape index (κ2) is 6.74. The average molecular weight is 372 g/mol. The molecule has 0 radical (unpaired) electrons. The van der Waals surface area contributed by atoms with Crippen LogP contribution < -0.4 is 14.8 Å². The molecule has 0 atom stereocenters. The molecule has 28 heavy (non-hydrogen) atoms. The van der Waals surface area contributed by atoms with Crippen molar-refractivity contribution in [3.63, 3.8) is 0 Å². The first-order chi connectivity index (χ1) is 13.7. The molecule has 0 saturated carbocycles. The van der Waals surface area contributed by atoms with Crippen LogP contribution in [-0.2, 0) is 11.2 Å². The van der Waals surface area contributed by atoms with Gasteiger partial charge in [-0.1, -0.05) is 24.3 Å². The summed E-state index contributed by atoms with van der Waals surface area (Å²) < 4.78 is 16.5. The number of amides is 1. The van der Waals surface area contributed by atoms with E-state index in [1.54, 1.807) is 0 Å². The maximum atomic E-state index is 12.4. The topological polar surface area (TPSA) is 73.6 Å². The Morgan fingerprint density at radius 1 is 0.964 bits per heavy atom. The first-order valence-electron chi connectivity index (χ1n) is 8.89. The number of carbonyl (C=O) groups excluding carboxylic acids is 1. The quantitative estimate of drug-likeness (QED) is 0.575. The van der Waals surface area contributed by atoms with E-state index in [9.17, 15) is 4.79 Å². The van der Waals surface area contributed by atoms with Crippen LogP contribution in [0, 0.1) is 0 Å². The van der Waals surface area contributed by atoms with Crippen molar-refractivity contribution < 1.29 is 18.7 Å². The summed E-state index contributed by atoms with van der Waals surface area (Å²) in [5.41, 5.74) is 3.88. The van der Waals surface area contributed by atoms with E-state index in [2.05, 4.69) is 10.3 Å². The molecule has 5 rings (SSSR count). The number of fused-ring (bicyclic) bond motifs is 2. The minimum Gasteiger partial charge on any atom is -0.454 e. The van der Waals surface area contributed by atoms with Crippen molar-refractivity contribution in [2.75, 3.05) is 12.1 Å². The molecule has 0 spiro atoms. The summed E-state index contributed by atoms with van der Waals surface area (Å²) in [5.74, 6) is 1.78. The maximum absolute atomic E-state index is 12.4. The lowest BCUT2D eigenvalue weighted by atomic mass is 10.1. The summed E-state index contributed by atoms with van der Waals surface area (Å²) in [6, 6.07) is 20.6. The second-order valence-corrected chi connectivity index (χ2v) is 6.48. The molecule has 138 valence electrons. The number of nitrogens with zero attached hydrogens (tertiary/aromatic N) is 1. The molecule has 0 bridgehead atoms. The van der Waals surface area contributed by atoms with Crippen LogP contribution in [0.1, 0.15) is 5.56 Å². The monoisotopic (exact) mass is 372 g/mol. The third-order valence-electron chi connectivity index (χ3n) is 4.49.